The van der Waals surface area contributed by atoms with E-state index in [1.807, 2.05) is 72.8 Å². The number of carbonyl (C=O) groups excluding carboxylic acids is 2. The van der Waals surface area contributed by atoms with Gasteiger partial charge in [-0.1, -0.05) is 71.7 Å². The maximum atomic E-state index is 12.7. The summed E-state index contributed by atoms with van der Waals surface area (Å²) in [5, 5.41) is 1.01. The van der Waals surface area contributed by atoms with Crippen molar-refractivity contribution in [2.45, 2.75) is 12.6 Å². The molecule has 0 aliphatic carbocycles. The molecule has 0 aromatic heterocycles. The molecular weight excluding hydrogens is 659 g/mol. The van der Waals surface area contributed by atoms with Crippen LogP contribution in [0.1, 0.15) is 0 Å². The topological polar surface area (TPSA) is 96.0 Å². The number of rotatable bonds is 11. The van der Waals surface area contributed by atoms with Gasteiger partial charge >= 0.3 is 0 Å². The Balaban J connectivity index is 1.32. The molecule has 4 aromatic rings. The molecule has 0 fully saturated rings. The highest BCUT2D eigenvalue weighted by Crippen LogP contribution is 2.45. The van der Waals surface area contributed by atoms with Crippen LogP contribution in [0.3, 0.4) is 0 Å². The fourth-order valence-electron chi connectivity index (χ4n) is 5.86. The third-order valence-corrected chi connectivity index (χ3v) is 9.24. The molecule has 250 valence electrons. The number of hydrogen-bond acceptors (Lipinski definition) is 8. The number of benzene rings is 4. The van der Waals surface area contributed by atoms with E-state index in [1.54, 1.807) is 9.80 Å². The highest BCUT2D eigenvalue weighted by Gasteiger charge is 2.30. The minimum Gasteiger partial charge on any atom is -0.482 e. The molecule has 4 aromatic carbocycles. The maximum Gasteiger partial charge on any atom is 0.265 e. The molecule has 0 unspecified atom stereocenters. The predicted octanol–water partition coefficient (Wildman–Crippen LogP) is 6.68. The first-order chi connectivity index (χ1) is 23.3. The Hall–Kier alpha value is -4.16. The summed E-state index contributed by atoms with van der Waals surface area (Å²) >= 11 is 14.2. The van der Waals surface area contributed by atoms with E-state index in [-0.39, 0.29) is 38.1 Å². The van der Waals surface area contributed by atoms with Gasteiger partial charge in [-0.25, -0.2) is 0 Å². The largest absolute Gasteiger partial charge is 0.482 e. The highest BCUT2D eigenvalue weighted by atomic mass is 35.5. The fourth-order valence-corrected chi connectivity index (χ4v) is 6.53. The Morgan fingerprint density at radius 2 is 0.979 bits per heavy atom. The summed E-state index contributed by atoms with van der Waals surface area (Å²) in [7, 11) is 6.11. The standard InChI is InChI=1S/C36H34Cl2N2O8/c1-43-33(44-2)17-39-27-13-11-21(15-29(27)47-19-31(39)41)23-7-5-9-25(35(23)37)26-10-6-8-24(36(26)38)22-12-14-28-30(16-22)48-20-32(42)40(28)18-34(45-3)46-4/h5-16,33-34H,17-20H2,1-4H3. The van der Waals surface area contributed by atoms with Crippen molar-refractivity contribution in [3.05, 3.63) is 82.8 Å². The fraction of sp³-hybridized carbons (Fsp3) is 0.278. The number of carbonyl (C=O) groups is 2. The lowest BCUT2D eigenvalue weighted by Crippen LogP contribution is -2.44. The first-order valence-electron chi connectivity index (χ1n) is 15.1. The van der Waals surface area contributed by atoms with Gasteiger partial charge in [0, 0.05) is 50.7 Å². The second-order valence-electron chi connectivity index (χ2n) is 11.1. The summed E-state index contributed by atoms with van der Waals surface area (Å²) in [6, 6.07) is 22.7. The van der Waals surface area contributed by atoms with Gasteiger partial charge in [0.1, 0.15) is 11.5 Å². The van der Waals surface area contributed by atoms with E-state index >= 15 is 0 Å². The van der Waals surface area contributed by atoms with E-state index in [0.717, 1.165) is 33.4 Å². The van der Waals surface area contributed by atoms with Crippen molar-refractivity contribution in [3.8, 4) is 44.9 Å². The molecule has 6 rings (SSSR count). The number of halogens is 2. The van der Waals surface area contributed by atoms with Crippen molar-refractivity contribution in [1.82, 2.24) is 0 Å². The highest BCUT2D eigenvalue weighted by molar-refractivity contribution is 6.39. The molecular formula is C36H34Cl2N2O8. The zero-order valence-electron chi connectivity index (χ0n) is 26.8. The van der Waals surface area contributed by atoms with Crippen LogP contribution in [-0.4, -0.2) is 79.1 Å². The predicted molar refractivity (Wildman–Crippen MR) is 184 cm³/mol. The number of methoxy groups -OCH3 is 4. The van der Waals surface area contributed by atoms with Crippen LogP contribution in [0.2, 0.25) is 10.0 Å². The summed E-state index contributed by atoms with van der Waals surface area (Å²) in [4.78, 5) is 28.6. The van der Waals surface area contributed by atoms with Crippen LogP contribution in [-0.2, 0) is 28.5 Å². The molecule has 0 saturated carbocycles. The Bertz CT molecular complexity index is 1710. The minimum absolute atomic E-state index is 0.102. The van der Waals surface area contributed by atoms with Gasteiger partial charge in [0.05, 0.1) is 34.5 Å². The van der Waals surface area contributed by atoms with E-state index < -0.39 is 12.6 Å². The summed E-state index contributed by atoms with van der Waals surface area (Å²) in [5.74, 6) is 0.723. The quantitative estimate of drug-likeness (QED) is 0.161. The zero-order chi connectivity index (χ0) is 33.9. The lowest BCUT2D eigenvalue weighted by atomic mass is 9.95. The molecule has 0 bridgehead atoms. The Morgan fingerprint density at radius 1 is 0.604 bits per heavy atom. The maximum absolute atomic E-state index is 12.7. The van der Waals surface area contributed by atoms with Crippen LogP contribution >= 0.6 is 23.2 Å². The molecule has 10 nitrogen and oxygen atoms in total. The third kappa shape index (κ3) is 6.47. The molecule has 0 saturated heterocycles. The summed E-state index contributed by atoms with van der Waals surface area (Å²) in [6.07, 6.45) is -1.16. The van der Waals surface area contributed by atoms with Gasteiger partial charge in [0.15, 0.2) is 25.8 Å². The van der Waals surface area contributed by atoms with Crippen molar-refractivity contribution >= 4 is 46.4 Å². The molecule has 48 heavy (non-hydrogen) atoms. The molecule has 0 N–H and O–H groups in total. The third-order valence-electron chi connectivity index (χ3n) is 8.43. The molecule has 2 aliphatic rings. The van der Waals surface area contributed by atoms with Crippen molar-refractivity contribution in [2.24, 2.45) is 0 Å². The van der Waals surface area contributed by atoms with Gasteiger partial charge in [-0.15, -0.1) is 0 Å². The van der Waals surface area contributed by atoms with Crippen molar-refractivity contribution in [1.29, 1.82) is 0 Å². The minimum atomic E-state index is -0.580. The lowest BCUT2D eigenvalue weighted by Gasteiger charge is -2.31. The summed E-state index contributed by atoms with van der Waals surface area (Å²) in [5.41, 5.74) is 5.90. The SMILES string of the molecule is COC(CN1C(=O)COc2cc(-c3cccc(-c4cccc(-c5ccc6c(c5)OCC(=O)N6CC(OC)OC)c4Cl)c3Cl)ccc21)OC. The molecule has 0 atom stereocenters. The van der Waals surface area contributed by atoms with Crippen molar-refractivity contribution in [3.63, 3.8) is 0 Å². The second kappa shape index (κ2) is 14.5. The van der Waals surface area contributed by atoms with Gasteiger partial charge in [0.25, 0.3) is 11.8 Å². The number of nitrogens with zero attached hydrogens (tertiary/aromatic N) is 2. The number of ether oxygens (including phenoxy) is 6. The van der Waals surface area contributed by atoms with Gasteiger partial charge in [-0.2, -0.15) is 0 Å². The van der Waals surface area contributed by atoms with Crippen LogP contribution < -0.4 is 19.3 Å². The first kappa shape index (κ1) is 33.7. The molecule has 2 amide bonds. The van der Waals surface area contributed by atoms with Gasteiger partial charge in [-0.05, 0) is 35.4 Å². The number of amides is 2. The Morgan fingerprint density at radius 3 is 1.35 bits per heavy atom. The van der Waals surface area contributed by atoms with Crippen LogP contribution in [0.5, 0.6) is 11.5 Å². The van der Waals surface area contributed by atoms with E-state index in [4.69, 9.17) is 51.6 Å². The van der Waals surface area contributed by atoms with Crippen LogP contribution in [0.25, 0.3) is 33.4 Å². The average Bonchev–Trinajstić information content (AvgIpc) is 3.11. The van der Waals surface area contributed by atoms with Gasteiger partial charge in [-0.3, -0.25) is 9.59 Å². The molecule has 2 aliphatic heterocycles. The van der Waals surface area contributed by atoms with E-state index in [9.17, 15) is 9.59 Å². The second-order valence-corrected chi connectivity index (χ2v) is 11.8. The van der Waals surface area contributed by atoms with E-state index in [0.29, 0.717) is 32.9 Å². The molecule has 0 radical (unpaired) electrons. The summed E-state index contributed by atoms with van der Waals surface area (Å²) in [6.45, 7) is 0.244. The molecule has 2 heterocycles. The monoisotopic (exact) mass is 692 g/mol. The van der Waals surface area contributed by atoms with Crippen LogP contribution in [0.4, 0.5) is 11.4 Å². The number of anilines is 2. The van der Waals surface area contributed by atoms with E-state index in [2.05, 4.69) is 0 Å². The molecule has 12 heteroatoms. The van der Waals surface area contributed by atoms with Crippen molar-refractivity contribution < 1.29 is 38.0 Å². The number of hydrogen-bond donors (Lipinski definition) is 0. The Labute approximate surface area is 288 Å². The molecule has 0 spiro atoms. The van der Waals surface area contributed by atoms with E-state index in [1.165, 1.54) is 28.4 Å². The first-order valence-corrected chi connectivity index (χ1v) is 15.9. The summed E-state index contributed by atoms with van der Waals surface area (Å²) < 4.78 is 32.9. The van der Waals surface area contributed by atoms with Gasteiger partial charge < -0.3 is 38.2 Å². The lowest BCUT2D eigenvalue weighted by molar-refractivity contribution is -0.126. The smallest absolute Gasteiger partial charge is 0.265 e. The number of fused-ring (bicyclic) bond motifs is 2. The zero-order valence-corrected chi connectivity index (χ0v) is 28.3. The average molecular weight is 694 g/mol. The van der Waals surface area contributed by atoms with Crippen molar-refractivity contribution in [2.75, 3.05) is 64.5 Å². The van der Waals surface area contributed by atoms with Crippen LogP contribution in [0.15, 0.2) is 72.8 Å². The Kier molecular flexibility index (Phi) is 10.2. The normalized spacial score (nSPS) is 14.2. The van der Waals surface area contributed by atoms with Gasteiger partial charge in [0.2, 0.25) is 0 Å². The van der Waals surface area contributed by atoms with Crippen LogP contribution in [0, 0.1) is 0 Å².